The number of hydrogen-bond donors (Lipinski definition) is 0. The number of para-hydroxylation sites is 1. The predicted octanol–water partition coefficient (Wildman–Crippen LogP) is 5.46. The van der Waals surface area contributed by atoms with Gasteiger partial charge in [0.15, 0.2) is 0 Å². The average Bonchev–Trinajstić information content (AvgIpc) is 3.09. The van der Waals surface area contributed by atoms with Crippen molar-refractivity contribution in [2.24, 2.45) is 0 Å². The SMILES string of the molecule is COc1ccc(C(=O)Oc2ccccc2/C=C2\SC(=O)N(Cc3ccccc3C)C2=O)cc1. The molecule has 1 aliphatic rings. The summed E-state index contributed by atoms with van der Waals surface area (Å²) in [5.74, 6) is 0.0214. The Hall–Kier alpha value is -3.84. The van der Waals surface area contributed by atoms with Crippen LogP contribution >= 0.6 is 11.8 Å². The predicted molar refractivity (Wildman–Crippen MR) is 127 cm³/mol. The number of imide groups is 1. The number of benzene rings is 3. The van der Waals surface area contributed by atoms with Gasteiger partial charge in [-0.15, -0.1) is 0 Å². The molecular weight excluding hydrogens is 438 g/mol. The van der Waals surface area contributed by atoms with E-state index in [1.54, 1.807) is 61.7 Å². The first-order chi connectivity index (χ1) is 16.0. The molecule has 0 bridgehead atoms. The molecule has 0 atom stereocenters. The Morgan fingerprint density at radius 3 is 2.39 bits per heavy atom. The van der Waals surface area contributed by atoms with Gasteiger partial charge in [0.1, 0.15) is 11.5 Å². The molecule has 4 rings (SSSR count). The summed E-state index contributed by atoms with van der Waals surface area (Å²) in [4.78, 5) is 39.6. The smallest absolute Gasteiger partial charge is 0.343 e. The largest absolute Gasteiger partial charge is 0.497 e. The molecular formula is C26H21NO5S. The summed E-state index contributed by atoms with van der Waals surface area (Å²) in [6.07, 6.45) is 1.58. The van der Waals surface area contributed by atoms with E-state index in [-0.39, 0.29) is 22.6 Å². The normalized spacial score (nSPS) is 14.6. The average molecular weight is 460 g/mol. The fraction of sp³-hybridized carbons (Fsp3) is 0.115. The van der Waals surface area contributed by atoms with Gasteiger partial charge in [0.05, 0.1) is 24.1 Å². The van der Waals surface area contributed by atoms with Gasteiger partial charge in [-0.3, -0.25) is 14.5 Å². The van der Waals surface area contributed by atoms with Gasteiger partial charge in [0.25, 0.3) is 11.1 Å². The van der Waals surface area contributed by atoms with Crippen LogP contribution in [0.15, 0.2) is 77.7 Å². The molecule has 1 heterocycles. The number of thioether (sulfide) groups is 1. The third-order valence-electron chi connectivity index (χ3n) is 5.20. The standard InChI is InChI=1S/C26H21NO5S/c1-17-7-3-4-9-20(17)16-27-24(28)23(33-26(27)30)15-19-8-5-6-10-22(19)32-25(29)18-11-13-21(31-2)14-12-18/h3-15H,16H2,1-2H3/b23-15-. The molecule has 0 spiro atoms. The van der Waals surface area contributed by atoms with E-state index >= 15 is 0 Å². The molecule has 0 unspecified atom stereocenters. The Kier molecular flexibility index (Phi) is 6.60. The fourth-order valence-electron chi connectivity index (χ4n) is 3.31. The van der Waals surface area contributed by atoms with Crippen LogP contribution in [0.4, 0.5) is 4.79 Å². The summed E-state index contributed by atoms with van der Waals surface area (Å²) in [5, 5.41) is -0.331. The van der Waals surface area contributed by atoms with Crippen LogP contribution in [-0.2, 0) is 11.3 Å². The lowest BCUT2D eigenvalue weighted by Crippen LogP contribution is -2.27. The number of nitrogens with zero attached hydrogens (tertiary/aromatic N) is 1. The molecule has 3 aromatic rings. The van der Waals surface area contributed by atoms with Crippen LogP contribution in [-0.4, -0.2) is 29.1 Å². The van der Waals surface area contributed by atoms with Crippen molar-refractivity contribution in [3.63, 3.8) is 0 Å². The monoisotopic (exact) mass is 459 g/mol. The molecule has 1 saturated heterocycles. The molecule has 3 aromatic carbocycles. The molecule has 0 saturated carbocycles. The van der Waals surface area contributed by atoms with Gasteiger partial charge in [0.2, 0.25) is 0 Å². The van der Waals surface area contributed by atoms with Crippen molar-refractivity contribution in [1.82, 2.24) is 4.90 Å². The van der Waals surface area contributed by atoms with E-state index in [4.69, 9.17) is 9.47 Å². The molecule has 1 fully saturated rings. The molecule has 0 aliphatic carbocycles. The van der Waals surface area contributed by atoms with Crippen LogP contribution in [0.1, 0.15) is 27.0 Å². The molecule has 1 aliphatic heterocycles. The summed E-state index contributed by atoms with van der Waals surface area (Å²) in [6.45, 7) is 2.15. The Morgan fingerprint density at radius 1 is 0.970 bits per heavy atom. The van der Waals surface area contributed by atoms with Gasteiger partial charge in [-0.2, -0.15) is 0 Å². The van der Waals surface area contributed by atoms with Crippen LogP contribution in [0.2, 0.25) is 0 Å². The number of amides is 2. The van der Waals surface area contributed by atoms with Crippen LogP contribution in [0.3, 0.4) is 0 Å². The second-order valence-corrected chi connectivity index (χ2v) is 8.34. The zero-order valence-corrected chi connectivity index (χ0v) is 18.9. The Labute approximate surface area is 195 Å². The van der Waals surface area contributed by atoms with Gasteiger partial charge >= 0.3 is 5.97 Å². The zero-order chi connectivity index (χ0) is 23.4. The van der Waals surface area contributed by atoms with Crippen molar-refractivity contribution < 1.29 is 23.9 Å². The third-order valence-corrected chi connectivity index (χ3v) is 6.10. The zero-order valence-electron chi connectivity index (χ0n) is 18.1. The first kappa shape index (κ1) is 22.4. The molecule has 0 aromatic heterocycles. The highest BCUT2D eigenvalue weighted by Gasteiger charge is 2.35. The minimum atomic E-state index is -0.536. The summed E-state index contributed by atoms with van der Waals surface area (Å²) in [6, 6.07) is 21.1. The van der Waals surface area contributed by atoms with Crippen LogP contribution in [0.5, 0.6) is 11.5 Å². The van der Waals surface area contributed by atoms with Gasteiger partial charge in [-0.05, 0) is 66.2 Å². The third kappa shape index (κ3) is 4.99. The summed E-state index contributed by atoms with van der Waals surface area (Å²) in [7, 11) is 1.55. The number of carbonyl (C=O) groups excluding carboxylic acids is 3. The number of hydrogen-bond acceptors (Lipinski definition) is 6. The Bertz CT molecular complexity index is 1250. The van der Waals surface area contributed by atoms with Crippen molar-refractivity contribution in [2.75, 3.05) is 7.11 Å². The summed E-state index contributed by atoms with van der Waals surface area (Å²) >= 11 is 0.874. The van der Waals surface area contributed by atoms with E-state index in [1.807, 2.05) is 31.2 Å². The second kappa shape index (κ2) is 9.75. The van der Waals surface area contributed by atoms with E-state index < -0.39 is 5.97 Å². The second-order valence-electron chi connectivity index (χ2n) is 7.35. The van der Waals surface area contributed by atoms with Gasteiger partial charge < -0.3 is 9.47 Å². The van der Waals surface area contributed by atoms with Gasteiger partial charge in [-0.1, -0.05) is 42.5 Å². The number of methoxy groups -OCH3 is 1. The molecule has 0 N–H and O–H groups in total. The van der Waals surface area contributed by atoms with Crippen molar-refractivity contribution in [3.05, 3.63) is 100.0 Å². The van der Waals surface area contributed by atoms with Crippen molar-refractivity contribution in [1.29, 1.82) is 0 Å². The van der Waals surface area contributed by atoms with Crippen LogP contribution < -0.4 is 9.47 Å². The number of ether oxygens (including phenoxy) is 2. The van der Waals surface area contributed by atoms with E-state index in [9.17, 15) is 14.4 Å². The lowest BCUT2D eigenvalue weighted by atomic mass is 10.1. The molecule has 7 heteroatoms. The van der Waals surface area contributed by atoms with E-state index in [1.165, 1.54) is 4.90 Å². The van der Waals surface area contributed by atoms with Crippen molar-refractivity contribution >= 4 is 35.0 Å². The topological polar surface area (TPSA) is 72.9 Å². The lowest BCUT2D eigenvalue weighted by molar-refractivity contribution is -0.123. The quantitative estimate of drug-likeness (QED) is 0.277. The number of carbonyl (C=O) groups is 3. The van der Waals surface area contributed by atoms with E-state index in [0.29, 0.717) is 22.6 Å². The first-order valence-corrected chi connectivity index (χ1v) is 11.0. The molecule has 166 valence electrons. The minimum absolute atomic E-state index is 0.211. The summed E-state index contributed by atoms with van der Waals surface area (Å²) < 4.78 is 10.7. The molecule has 2 amide bonds. The van der Waals surface area contributed by atoms with Gasteiger partial charge in [0, 0.05) is 5.56 Å². The Balaban J connectivity index is 1.54. The van der Waals surface area contributed by atoms with Crippen molar-refractivity contribution in [2.45, 2.75) is 13.5 Å². The van der Waals surface area contributed by atoms with Crippen LogP contribution in [0.25, 0.3) is 6.08 Å². The van der Waals surface area contributed by atoms with E-state index in [2.05, 4.69) is 0 Å². The fourth-order valence-corrected chi connectivity index (χ4v) is 4.14. The highest BCUT2D eigenvalue weighted by Crippen LogP contribution is 2.35. The van der Waals surface area contributed by atoms with Crippen LogP contribution in [0, 0.1) is 6.92 Å². The van der Waals surface area contributed by atoms with Crippen molar-refractivity contribution in [3.8, 4) is 11.5 Å². The number of aryl methyl sites for hydroxylation is 1. The lowest BCUT2D eigenvalue weighted by Gasteiger charge is -2.14. The maximum absolute atomic E-state index is 12.9. The van der Waals surface area contributed by atoms with E-state index in [0.717, 1.165) is 22.9 Å². The Morgan fingerprint density at radius 2 is 1.67 bits per heavy atom. The molecule has 0 radical (unpaired) electrons. The maximum atomic E-state index is 12.9. The van der Waals surface area contributed by atoms with Gasteiger partial charge in [-0.25, -0.2) is 4.79 Å². The number of esters is 1. The highest BCUT2D eigenvalue weighted by atomic mass is 32.2. The molecule has 6 nitrogen and oxygen atoms in total. The number of rotatable bonds is 6. The summed E-state index contributed by atoms with van der Waals surface area (Å²) in [5.41, 5.74) is 2.82. The first-order valence-electron chi connectivity index (χ1n) is 10.2. The minimum Gasteiger partial charge on any atom is -0.497 e. The maximum Gasteiger partial charge on any atom is 0.343 e. The molecule has 33 heavy (non-hydrogen) atoms. The highest BCUT2D eigenvalue weighted by molar-refractivity contribution is 8.18.